The first-order valence-electron chi connectivity index (χ1n) is 6.33. The maximum Gasteiger partial charge on any atom is 0.161 e. The quantitative estimate of drug-likeness (QED) is 0.838. The van der Waals surface area contributed by atoms with Crippen molar-refractivity contribution in [2.45, 2.75) is 12.8 Å². The molecular weight excluding hydrogens is 230 g/mol. The van der Waals surface area contributed by atoms with Crippen molar-refractivity contribution in [3.8, 4) is 11.5 Å². The summed E-state index contributed by atoms with van der Waals surface area (Å²) in [7, 11) is 1.65. The molecule has 2 N–H and O–H groups in total. The molecule has 0 amide bonds. The highest BCUT2D eigenvalue weighted by atomic mass is 16.5. The van der Waals surface area contributed by atoms with Crippen LogP contribution in [-0.2, 0) is 4.74 Å². The van der Waals surface area contributed by atoms with E-state index < -0.39 is 0 Å². The summed E-state index contributed by atoms with van der Waals surface area (Å²) in [5.41, 5.74) is 5.94. The lowest BCUT2D eigenvalue weighted by Crippen LogP contribution is -2.32. The third-order valence-corrected chi connectivity index (χ3v) is 3.58. The molecule has 0 aliphatic carbocycles. The van der Waals surface area contributed by atoms with Crippen molar-refractivity contribution in [1.82, 2.24) is 0 Å². The molecule has 1 aliphatic rings. The molecule has 100 valence electrons. The number of hydrogen-bond donors (Lipinski definition) is 1. The van der Waals surface area contributed by atoms with Crippen LogP contribution < -0.4 is 15.2 Å². The van der Waals surface area contributed by atoms with Gasteiger partial charge in [0.05, 0.1) is 20.3 Å². The highest BCUT2D eigenvalue weighted by Gasteiger charge is 2.33. The molecule has 4 nitrogen and oxygen atoms in total. The van der Waals surface area contributed by atoms with Crippen LogP contribution in [0.15, 0.2) is 24.3 Å². The Morgan fingerprint density at radius 1 is 1.33 bits per heavy atom. The maximum atomic E-state index is 5.84. The second kappa shape index (κ2) is 6.07. The van der Waals surface area contributed by atoms with Crippen molar-refractivity contribution >= 4 is 0 Å². The highest BCUT2D eigenvalue weighted by molar-refractivity contribution is 5.39. The molecule has 1 saturated heterocycles. The average Bonchev–Trinajstić information content (AvgIpc) is 2.89. The first kappa shape index (κ1) is 13.2. The zero-order valence-corrected chi connectivity index (χ0v) is 10.9. The minimum absolute atomic E-state index is 0.0992. The Hall–Kier alpha value is -1.26. The van der Waals surface area contributed by atoms with Crippen LogP contribution >= 0.6 is 0 Å². The summed E-state index contributed by atoms with van der Waals surface area (Å²) in [6.07, 6.45) is 1.94. The lowest BCUT2D eigenvalue weighted by Gasteiger charge is -2.25. The van der Waals surface area contributed by atoms with Crippen LogP contribution in [0.2, 0.25) is 0 Å². The van der Waals surface area contributed by atoms with E-state index >= 15 is 0 Å². The largest absolute Gasteiger partial charge is 0.493 e. The summed E-state index contributed by atoms with van der Waals surface area (Å²) in [4.78, 5) is 0. The van der Waals surface area contributed by atoms with Gasteiger partial charge in [-0.15, -0.1) is 0 Å². The molecule has 0 saturated carbocycles. The third kappa shape index (κ3) is 2.94. The maximum absolute atomic E-state index is 5.84. The summed E-state index contributed by atoms with van der Waals surface area (Å²) >= 11 is 0. The fourth-order valence-corrected chi connectivity index (χ4v) is 2.23. The zero-order valence-electron chi connectivity index (χ0n) is 10.9. The van der Waals surface area contributed by atoms with E-state index in [1.165, 1.54) is 0 Å². The molecule has 1 aromatic carbocycles. The van der Waals surface area contributed by atoms with E-state index in [1.807, 2.05) is 24.3 Å². The van der Waals surface area contributed by atoms with Gasteiger partial charge in [0.2, 0.25) is 0 Å². The second-order valence-corrected chi connectivity index (χ2v) is 4.76. The standard InChI is InChI=1S/C14H21NO3/c1-16-12-4-2-3-5-13(12)18-9-7-14(10-15)6-8-17-11-14/h2-5H,6-11,15H2,1H3. The van der Waals surface area contributed by atoms with Crippen LogP contribution in [0.4, 0.5) is 0 Å². The van der Waals surface area contributed by atoms with Crippen LogP contribution in [0.1, 0.15) is 12.8 Å². The molecule has 18 heavy (non-hydrogen) atoms. The average molecular weight is 251 g/mol. The minimum Gasteiger partial charge on any atom is -0.493 e. The Balaban J connectivity index is 1.88. The number of benzene rings is 1. The first-order chi connectivity index (χ1) is 8.79. The zero-order chi connectivity index (χ0) is 12.8. The van der Waals surface area contributed by atoms with Gasteiger partial charge in [0.1, 0.15) is 0 Å². The molecule has 0 bridgehead atoms. The van der Waals surface area contributed by atoms with Crippen LogP contribution in [0, 0.1) is 5.41 Å². The van der Waals surface area contributed by atoms with Crippen molar-refractivity contribution in [3.05, 3.63) is 24.3 Å². The summed E-state index contributed by atoms with van der Waals surface area (Å²) in [6, 6.07) is 7.68. The Bertz CT molecular complexity index is 375. The molecule has 1 aromatic rings. The molecule has 0 aromatic heterocycles. The topological polar surface area (TPSA) is 53.7 Å². The van der Waals surface area contributed by atoms with Crippen molar-refractivity contribution in [3.63, 3.8) is 0 Å². The van der Waals surface area contributed by atoms with E-state index in [1.54, 1.807) is 7.11 Å². The Morgan fingerprint density at radius 3 is 2.72 bits per heavy atom. The molecule has 1 aliphatic heterocycles. The molecule has 1 atom stereocenters. The van der Waals surface area contributed by atoms with Gasteiger partial charge in [-0.2, -0.15) is 0 Å². The fourth-order valence-electron chi connectivity index (χ4n) is 2.23. The lowest BCUT2D eigenvalue weighted by atomic mass is 9.84. The Labute approximate surface area is 108 Å². The van der Waals surface area contributed by atoms with E-state index in [2.05, 4.69) is 0 Å². The third-order valence-electron chi connectivity index (χ3n) is 3.58. The molecular formula is C14H21NO3. The van der Waals surface area contributed by atoms with Gasteiger partial charge in [-0.25, -0.2) is 0 Å². The predicted octanol–water partition coefficient (Wildman–Crippen LogP) is 1.83. The van der Waals surface area contributed by atoms with Crippen LogP contribution in [0.3, 0.4) is 0 Å². The van der Waals surface area contributed by atoms with Gasteiger partial charge >= 0.3 is 0 Å². The van der Waals surface area contributed by atoms with E-state index in [4.69, 9.17) is 19.9 Å². The number of rotatable bonds is 6. The summed E-state index contributed by atoms with van der Waals surface area (Å²) < 4.78 is 16.5. The molecule has 1 fully saturated rings. The van der Waals surface area contributed by atoms with Crippen LogP contribution in [-0.4, -0.2) is 33.5 Å². The molecule has 0 spiro atoms. The SMILES string of the molecule is COc1ccccc1OCCC1(CN)CCOC1. The smallest absolute Gasteiger partial charge is 0.161 e. The van der Waals surface area contributed by atoms with Gasteiger partial charge < -0.3 is 19.9 Å². The van der Waals surface area contributed by atoms with Crippen molar-refractivity contribution in [2.75, 3.05) is 33.5 Å². The van der Waals surface area contributed by atoms with Crippen molar-refractivity contribution < 1.29 is 14.2 Å². The van der Waals surface area contributed by atoms with E-state index in [0.717, 1.165) is 37.6 Å². The number of ether oxygens (including phenoxy) is 3. The molecule has 1 unspecified atom stereocenters. The van der Waals surface area contributed by atoms with Crippen molar-refractivity contribution in [2.24, 2.45) is 11.1 Å². The monoisotopic (exact) mass is 251 g/mol. The van der Waals surface area contributed by atoms with E-state index in [0.29, 0.717) is 13.2 Å². The normalized spacial score (nSPS) is 23.0. The summed E-state index contributed by atoms with van der Waals surface area (Å²) in [5.74, 6) is 1.55. The van der Waals surface area contributed by atoms with Gasteiger partial charge in [0.15, 0.2) is 11.5 Å². The van der Waals surface area contributed by atoms with Gasteiger partial charge in [0.25, 0.3) is 0 Å². The molecule has 0 radical (unpaired) electrons. The van der Waals surface area contributed by atoms with Gasteiger partial charge in [-0.3, -0.25) is 0 Å². The molecule has 2 rings (SSSR count). The van der Waals surface area contributed by atoms with E-state index in [-0.39, 0.29) is 5.41 Å². The second-order valence-electron chi connectivity index (χ2n) is 4.76. The van der Waals surface area contributed by atoms with Gasteiger partial charge in [0, 0.05) is 18.6 Å². The minimum atomic E-state index is 0.0992. The molecule has 1 heterocycles. The van der Waals surface area contributed by atoms with Crippen molar-refractivity contribution in [1.29, 1.82) is 0 Å². The van der Waals surface area contributed by atoms with Crippen LogP contribution in [0.25, 0.3) is 0 Å². The Kier molecular flexibility index (Phi) is 4.44. The summed E-state index contributed by atoms with van der Waals surface area (Å²) in [6.45, 7) is 2.86. The Morgan fingerprint density at radius 2 is 2.11 bits per heavy atom. The van der Waals surface area contributed by atoms with Crippen LogP contribution in [0.5, 0.6) is 11.5 Å². The first-order valence-corrected chi connectivity index (χ1v) is 6.33. The van der Waals surface area contributed by atoms with E-state index in [9.17, 15) is 0 Å². The number of methoxy groups -OCH3 is 1. The predicted molar refractivity (Wildman–Crippen MR) is 70.0 cm³/mol. The van der Waals surface area contributed by atoms with Gasteiger partial charge in [-0.05, 0) is 25.0 Å². The number of para-hydroxylation sites is 2. The highest BCUT2D eigenvalue weighted by Crippen LogP contribution is 2.32. The molecule has 4 heteroatoms. The van der Waals surface area contributed by atoms with Gasteiger partial charge in [-0.1, -0.05) is 12.1 Å². The number of nitrogens with two attached hydrogens (primary N) is 1. The lowest BCUT2D eigenvalue weighted by molar-refractivity contribution is 0.134. The number of hydrogen-bond acceptors (Lipinski definition) is 4. The fraction of sp³-hybridized carbons (Fsp3) is 0.571. The summed E-state index contributed by atoms with van der Waals surface area (Å²) in [5, 5.41) is 0.